The van der Waals surface area contributed by atoms with E-state index in [1.807, 2.05) is 109 Å². The van der Waals surface area contributed by atoms with Gasteiger partial charge in [-0.3, -0.25) is 0 Å². The first kappa shape index (κ1) is 36.5. The topological polar surface area (TPSA) is 86.6 Å². The number of rotatable bonds is 12. The summed E-state index contributed by atoms with van der Waals surface area (Å²) < 4.78 is 12.8. The number of aromatic nitrogens is 3. The minimum absolute atomic E-state index is 0.111. The average Bonchev–Trinajstić information content (AvgIpc) is 3.69. The van der Waals surface area contributed by atoms with Gasteiger partial charge in [0.2, 0.25) is 6.79 Å². The lowest BCUT2D eigenvalue weighted by atomic mass is 9.77. The third-order valence-corrected chi connectivity index (χ3v) is 11.1. The number of esters is 2. The zero-order valence-corrected chi connectivity index (χ0v) is 31.6. The lowest BCUT2D eigenvalue weighted by molar-refractivity contribution is -0.0178. The molecule has 8 nitrogen and oxygen atoms in total. The monoisotopic (exact) mass is 756 g/mol. The average molecular weight is 757 g/mol. The second-order valence-corrected chi connectivity index (χ2v) is 14.6. The van der Waals surface area contributed by atoms with E-state index in [-0.39, 0.29) is 5.69 Å². The quantitative estimate of drug-likeness (QED) is 0.0692. The van der Waals surface area contributed by atoms with E-state index in [9.17, 15) is 9.59 Å². The Kier molecular flexibility index (Phi) is 11.0. The summed E-state index contributed by atoms with van der Waals surface area (Å²) in [6, 6.07) is 55.3. The molecule has 7 aromatic rings. The third kappa shape index (κ3) is 7.59. The Balaban J connectivity index is 1.17. The fourth-order valence-corrected chi connectivity index (χ4v) is 8.20. The molecule has 0 spiro atoms. The highest BCUT2D eigenvalue weighted by Gasteiger charge is 2.44. The number of anilines is 1. The molecular weight excluding hydrogens is 717 g/mol. The molecule has 1 aliphatic heterocycles. The van der Waals surface area contributed by atoms with E-state index < -0.39 is 24.3 Å². The summed E-state index contributed by atoms with van der Waals surface area (Å²) in [6.45, 7) is 1.61. The third-order valence-electron chi connectivity index (χ3n) is 10.1. The van der Waals surface area contributed by atoms with Gasteiger partial charge in [0.05, 0.1) is 5.56 Å². The highest BCUT2D eigenvalue weighted by molar-refractivity contribution is 7.99. The number of carbonyl (C=O) groups excluding carboxylic acids is 2. The molecule has 0 bridgehead atoms. The van der Waals surface area contributed by atoms with E-state index >= 15 is 0 Å². The largest absolute Gasteiger partial charge is 0.424 e. The molecule has 0 amide bonds. The van der Waals surface area contributed by atoms with Crippen LogP contribution < -0.4 is 4.90 Å². The van der Waals surface area contributed by atoms with Gasteiger partial charge in [-0.2, -0.15) is 0 Å². The molecule has 0 saturated carbocycles. The second kappa shape index (κ2) is 16.9. The number of benzene rings is 6. The lowest BCUT2D eigenvalue weighted by Crippen LogP contribution is -2.41. The Labute approximate surface area is 330 Å². The molecule has 0 unspecified atom stereocenters. The Hall–Kier alpha value is -6.45. The van der Waals surface area contributed by atoms with Crippen molar-refractivity contribution >= 4 is 29.4 Å². The fourth-order valence-electron chi connectivity index (χ4n) is 7.36. The molecule has 1 fully saturated rings. The Morgan fingerprint density at radius 1 is 0.571 bits per heavy atom. The zero-order chi connectivity index (χ0) is 38.2. The van der Waals surface area contributed by atoms with Crippen molar-refractivity contribution in [1.82, 2.24) is 15.0 Å². The first-order valence-corrected chi connectivity index (χ1v) is 19.6. The Morgan fingerprint density at radius 3 is 1.59 bits per heavy atom. The molecule has 6 aromatic carbocycles. The number of hydrogen-bond donors (Lipinski definition) is 0. The molecule has 9 heteroatoms. The van der Waals surface area contributed by atoms with E-state index in [0.717, 1.165) is 45.8 Å². The maximum absolute atomic E-state index is 14.4. The van der Waals surface area contributed by atoms with Crippen LogP contribution in [0.1, 0.15) is 56.8 Å². The van der Waals surface area contributed by atoms with Gasteiger partial charge in [0, 0.05) is 23.7 Å². The maximum atomic E-state index is 14.4. The van der Waals surface area contributed by atoms with Gasteiger partial charge in [-0.25, -0.2) is 14.3 Å². The Bertz CT molecular complexity index is 2270. The summed E-state index contributed by atoms with van der Waals surface area (Å²) in [6.07, 6.45) is 3.78. The molecule has 0 radical (unpaired) electrons. The van der Waals surface area contributed by atoms with Crippen molar-refractivity contribution in [2.45, 2.75) is 34.7 Å². The number of carbonyl (C=O) groups is 2. The highest BCUT2D eigenvalue weighted by atomic mass is 32.2. The van der Waals surface area contributed by atoms with E-state index in [2.05, 4.69) is 46.4 Å². The van der Waals surface area contributed by atoms with Crippen LogP contribution >= 0.6 is 11.8 Å². The molecule has 1 aromatic heterocycles. The van der Waals surface area contributed by atoms with Crippen LogP contribution in [0.4, 0.5) is 5.69 Å². The molecule has 8 rings (SSSR count). The van der Waals surface area contributed by atoms with Gasteiger partial charge >= 0.3 is 11.9 Å². The van der Waals surface area contributed by atoms with Crippen LogP contribution in [-0.4, -0.2) is 46.8 Å². The van der Waals surface area contributed by atoms with E-state index in [0.29, 0.717) is 10.6 Å². The highest BCUT2D eigenvalue weighted by Crippen LogP contribution is 2.43. The summed E-state index contributed by atoms with van der Waals surface area (Å²) in [5.74, 6) is -1.34. The molecule has 1 saturated heterocycles. The van der Waals surface area contributed by atoms with Crippen molar-refractivity contribution in [1.29, 1.82) is 0 Å². The normalized spacial score (nSPS) is 12.9. The van der Waals surface area contributed by atoms with E-state index in [1.54, 1.807) is 28.9 Å². The minimum atomic E-state index is -1.14. The fraction of sp³-hybridized carbons (Fsp3) is 0.149. The van der Waals surface area contributed by atoms with Crippen molar-refractivity contribution in [2.75, 3.05) is 24.8 Å². The summed E-state index contributed by atoms with van der Waals surface area (Å²) >= 11 is 1.32. The number of hydrogen-bond acceptors (Lipinski definition) is 8. The van der Waals surface area contributed by atoms with Crippen LogP contribution in [0.15, 0.2) is 180 Å². The molecule has 278 valence electrons. The number of nitrogens with zero attached hydrogens (tertiary/aromatic N) is 4. The molecule has 0 N–H and O–H groups in total. The summed E-state index contributed by atoms with van der Waals surface area (Å²) in [4.78, 5) is 30.5. The molecule has 0 aliphatic carbocycles. The minimum Gasteiger partial charge on any atom is -0.424 e. The SMILES string of the molecule is O=C(OCOC(=O)c1c(Sc2ccc(-c3ccc(N4CCCCC4)cc3)cc2)nnn1C(c1ccccc1)(c1ccccc1)c1ccccc1)c1ccccc1. The number of piperidine rings is 1. The van der Waals surface area contributed by atoms with Crippen LogP contribution in [0.3, 0.4) is 0 Å². The Morgan fingerprint density at radius 2 is 1.05 bits per heavy atom. The van der Waals surface area contributed by atoms with Gasteiger partial charge < -0.3 is 14.4 Å². The standard InChI is InChI=1S/C47H40N4O4S/c52-45(37-16-6-1-7-17-37)54-34-55-46(53)43-44(56-42-30-26-36(27-31-42)35-24-28-41(29-25-35)50-32-14-5-15-33-50)48-49-51(43)47(38-18-8-2-9-19-38,39-20-10-3-11-21-39)40-22-12-4-13-23-40/h1-4,6-13,16-31H,5,14-15,32-34H2. The van der Waals surface area contributed by atoms with Gasteiger partial charge in [0.1, 0.15) is 5.54 Å². The molecule has 2 heterocycles. The van der Waals surface area contributed by atoms with Crippen LogP contribution in [0.2, 0.25) is 0 Å². The van der Waals surface area contributed by atoms with Gasteiger partial charge in [-0.1, -0.05) is 150 Å². The summed E-state index contributed by atoms with van der Waals surface area (Å²) in [5, 5.41) is 9.78. The lowest BCUT2D eigenvalue weighted by Gasteiger charge is -2.36. The number of ether oxygens (including phenoxy) is 2. The molecular formula is C47H40N4O4S. The van der Waals surface area contributed by atoms with Crippen molar-refractivity contribution in [3.8, 4) is 11.1 Å². The van der Waals surface area contributed by atoms with Gasteiger partial charge in [0.15, 0.2) is 10.7 Å². The second-order valence-electron chi connectivity index (χ2n) is 13.5. The summed E-state index contributed by atoms with van der Waals surface area (Å²) in [7, 11) is 0. The van der Waals surface area contributed by atoms with Crippen molar-refractivity contribution < 1.29 is 19.1 Å². The van der Waals surface area contributed by atoms with Crippen molar-refractivity contribution in [3.05, 3.63) is 198 Å². The summed E-state index contributed by atoms with van der Waals surface area (Å²) in [5.41, 5.74) is 5.37. The van der Waals surface area contributed by atoms with Crippen molar-refractivity contribution in [2.24, 2.45) is 0 Å². The molecule has 0 atom stereocenters. The first-order valence-electron chi connectivity index (χ1n) is 18.8. The first-order chi connectivity index (χ1) is 27.6. The van der Waals surface area contributed by atoms with Gasteiger partial charge in [-0.05, 0) is 83.5 Å². The van der Waals surface area contributed by atoms with Crippen LogP contribution in [0, 0.1) is 0 Å². The van der Waals surface area contributed by atoms with E-state index in [1.165, 1.54) is 36.7 Å². The predicted molar refractivity (Wildman–Crippen MR) is 219 cm³/mol. The maximum Gasteiger partial charge on any atom is 0.362 e. The van der Waals surface area contributed by atoms with Crippen LogP contribution in [0.25, 0.3) is 11.1 Å². The van der Waals surface area contributed by atoms with E-state index in [4.69, 9.17) is 14.7 Å². The smallest absolute Gasteiger partial charge is 0.362 e. The van der Waals surface area contributed by atoms with Gasteiger partial charge in [0.25, 0.3) is 0 Å². The molecule has 56 heavy (non-hydrogen) atoms. The van der Waals surface area contributed by atoms with Crippen molar-refractivity contribution in [3.63, 3.8) is 0 Å². The van der Waals surface area contributed by atoms with Crippen LogP contribution in [0.5, 0.6) is 0 Å². The van der Waals surface area contributed by atoms with Gasteiger partial charge in [-0.15, -0.1) is 5.10 Å². The van der Waals surface area contributed by atoms with Crippen LogP contribution in [-0.2, 0) is 15.0 Å². The predicted octanol–water partition coefficient (Wildman–Crippen LogP) is 9.90. The molecule has 1 aliphatic rings. The zero-order valence-electron chi connectivity index (χ0n) is 30.7.